The van der Waals surface area contributed by atoms with Crippen LogP contribution < -0.4 is 0 Å². The van der Waals surface area contributed by atoms with Crippen LogP contribution in [0.25, 0.3) is 22.9 Å². The Morgan fingerprint density at radius 1 is 0.971 bits per heavy atom. The summed E-state index contributed by atoms with van der Waals surface area (Å²) in [7, 11) is 0. The Balaban J connectivity index is 1.65. The second kappa shape index (κ2) is 9.23. The van der Waals surface area contributed by atoms with Crippen LogP contribution in [0.3, 0.4) is 0 Å². The van der Waals surface area contributed by atoms with Crippen LogP contribution in [-0.4, -0.2) is 25.2 Å². The number of benzene rings is 2. The van der Waals surface area contributed by atoms with Gasteiger partial charge in [0.25, 0.3) is 11.6 Å². The number of aromatic nitrogens is 3. The number of hydrogen-bond donors (Lipinski definition) is 0. The normalized spacial score (nSPS) is 11.3. The zero-order valence-corrected chi connectivity index (χ0v) is 19.8. The molecule has 0 aliphatic heterocycles. The maximum Gasteiger partial charge on any atom is 0.289 e. The highest BCUT2D eigenvalue weighted by atomic mass is 16.6. The fourth-order valence-corrected chi connectivity index (χ4v) is 4.16. The summed E-state index contributed by atoms with van der Waals surface area (Å²) >= 11 is 0. The molecular formula is C27H23N5O3. The molecule has 8 heteroatoms. The quantitative estimate of drug-likeness (QED) is 0.162. The van der Waals surface area contributed by atoms with Crippen LogP contribution in [0.2, 0.25) is 0 Å². The van der Waals surface area contributed by atoms with Gasteiger partial charge in [0.15, 0.2) is 0 Å². The molecule has 0 aliphatic carbocycles. The van der Waals surface area contributed by atoms with Crippen molar-refractivity contribution in [1.82, 2.24) is 14.3 Å². The smallest absolute Gasteiger partial charge is 0.289 e. The molecular weight excluding hydrogens is 442 g/mol. The van der Waals surface area contributed by atoms with Crippen LogP contribution in [0.15, 0.2) is 66.2 Å². The molecule has 0 amide bonds. The van der Waals surface area contributed by atoms with E-state index in [-0.39, 0.29) is 11.3 Å². The zero-order valence-electron chi connectivity index (χ0n) is 19.8. The summed E-state index contributed by atoms with van der Waals surface area (Å²) in [6, 6.07) is 20.0. The second-order valence-electron chi connectivity index (χ2n) is 8.33. The maximum absolute atomic E-state index is 12.9. The van der Waals surface area contributed by atoms with Gasteiger partial charge in [-0.25, -0.2) is 4.68 Å². The van der Waals surface area contributed by atoms with Crippen LogP contribution in [-0.2, 0) is 0 Å². The number of aryl methyl sites for hydroxylation is 3. The van der Waals surface area contributed by atoms with Gasteiger partial charge in [-0.15, -0.1) is 0 Å². The number of non-ortho nitro benzene ring substituents is 1. The third kappa shape index (κ3) is 4.52. The highest BCUT2D eigenvalue weighted by Crippen LogP contribution is 2.27. The molecule has 35 heavy (non-hydrogen) atoms. The summed E-state index contributed by atoms with van der Waals surface area (Å²) in [5.74, 6) is -0.463. The number of nitriles is 1. The van der Waals surface area contributed by atoms with E-state index < -0.39 is 10.8 Å². The van der Waals surface area contributed by atoms with Crippen molar-refractivity contribution in [2.45, 2.75) is 27.7 Å². The van der Waals surface area contributed by atoms with E-state index in [1.54, 1.807) is 38.1 Å². The second-order valence-corrected chi connectivity index (χ2v) is 8.33. The first-order valence-electron chi connectivity index (χ1n) is 10.9. The Morgan fingerprint density at radius 3 is 2.09 bits per heavy atom. The van der Waals surface area contributed by atoms with Crippen LogP contribution >= 0.6 is 0 Å². The van der Waals surface area contributed by atoms with Crippen LogP contribution in [0.5, 0.6) is 0 Å². The van der Waals surface area contributed by atoms with Crippen molar-refractivity contribution in [3.05, 3.63) is 105 Å². The standard InChI is InChI=1S/C27H23N5O3/c1-17-13-19(3)31(29-17)27(33)24(16-28)15-23-14-18(2)30(20(23)4)25-9-5-21(6-10-25)22-7-11-26(12-8-22)32(34)35/h5-15H,1-4H3/b24-15+. The SMILES string of the molecule is Cc1cc(C)n(C(=O)/C(C#N)=C/c2cc(C)n(-c3ccc(-c4ccc([N+](=O)[O-])cc4)cc3)c2C)n1. The first-order chi connectivity index (χ1) is 16.7. The summed E-state index contributed by atoms with van der Waals surface area (Å²) in [5, 5.41) is 24.7. The Morgan fingerprint density at radius 2 is 1.57 bits per heavy atom. The molecule has 174 valence electrons. The molecule has 0 unspecified atom stereocenters. The van der Waals surface area contributed by atoms with E-state index in [9.17, 15) is 20.2 Å². The van der Waals surface area contributed by atoms with Gasteiger partial charge in [0.2, 0.25) is 0 Å². The van der Waals surface area contributed by atoms with Gasteiger partial charge < -0.3 is 4.57 Å². The highest BCUT2D eigenvalue weighted by molar-refractivity contribution is 6.03. The third-order valence-corrected chi connectivity index (χ3v) is 5.86. The average molecular weight is 466 g/mol. The van der Waals surface area contributed by atoms with E-state index >= 15 is 0 Å². The topological polar surface area (TPSA) is 107 Å². The minimum absolute atomic E-state index is 0.00460. The van der Waals surface area contributed by atoms with Crippen LogP contribution in [0, 0.1) is 49.1 Å². The summed E-state index contributed by atoms with van der Waals surface area (Å²) in [6.45, 7) is 7.47. The number of nitro groups is 1. The van der Waals surface area contributed by atoms with E-state index in [4.69, 9.17) is 0 Å². The molecule has 0 spiro atoms. The molecule has 0 N–H and O–H groups in total. The van der Waals surface area contributed by atoms with Crippen molar-refractivity contribution in [2.75, 3.05) is 0 Å². The molecule has 0 saturated carbocycles. The minimum atomic E-state index is -0.463. The number of nitrogens with zero attached hydrogens (tertiary/aromatic N) is 5. The van der Waals surface area contributed by atoms with E-state index in [0.29, 0.717) is 11.4 Å². The summed E-state index contributed by atoms with van der Waals surface area (Å²) in [5.41, 5.74) is 6.80. The lowest BCUT2D eigenvalue weighted by atomic mass is 10.0. The van der Waals surface area contributed by atoms with Gasteiger partial charge >= 0.3 is 0 Å². The fraction of sp³-hybridized carbons (Fsp3) is 0.148. The van der Waals surface area contributed by atoms with Gasteiger partial charge in [0.1, 0.15) is 11.6 Å². The molecule has 8 nitrogen and oxygen atoms in total. The van der Waals surface area contributed by atoms with Gasteiger partial charge in [-0.3, -0.25) is 14.9 Å². The van der Waals surface area contributed by atoms with E-state index in [2.05, 4.69) is 5.10 Å². The Labute approximate surface area is 202 Å². The van der Waals surface area contributed by atoms with E-state index in [1.807, 2.05) is 54.8 Å². The van der Waals surface area contributed by atoms with Gasteiger partial charge in [0.05, 0.1) is 10.6 Å². The number of hydrogen-bond acceptors (Lipinski definition) is 5. The molecule has 4 rings (SSSR count). The molecule has 0 aliphatic rings. The summed E-state index contributed by atoms with van der Waals surface area (Å²) in [6.07, 6.45) is 1.60. The average Bonchev–Trinajstić information content (AvgIpc) is 3.33. The first-order valence-corrected chi connectivity index (χ1v) is 10.9. The van der Waals surface area contributed by atoms with Crippen LogP contribution in [0.1, 0.15) is 33.1 Å². The molecule has 2 aromatic heterocycles. The maximum atomic E-state index is 12.9. The van der Waals surface area contributed by atoms with Crippen molar-refractivity contribution >= 4 is 17.7 Å². The van der Waals surface area contributed by atoms with Crippen molar-refractivity contribution in [3.8, 4) is 22.9 Å². The number of carbonyl (C=O) groups is 1. The van der Waals surface area contributed by atoms with Gasteiger partial charge in [-0.1, -0.05) is 12.1 Å². The molecule has 0 fully saturated rings. The Kier molecular flexibility index (Phi) is 6.17. The largest absolute Gasteiger partial charge is 0.318 e. The predicted molar refractivity (Wildman–Crippen MR) is 133 cm³/mol. The lowest BCUT2D eigenvalue weighted by Crippen LogP contribution is -2.15. The molecule has 0 saturated heterocycles. The molecule has 2 heterocycles. The van der Waals surface area contributed by atoms with Crippen molar-refractivity contribution < 1.29 is 9.72 Å². The van der Waals surface area contributed by atoms with Gasteiger partial charge in [0, 0.05) is 34.9 Å². The fourth-order valence-electron chi connectivity index (χ4n) is 4.16. The van der Waals surface area contributed by atoms with E-state index in [0.717, 1.165) is 33.8 Å². The Hall–Kier alpha value is -4.77. The molecule has 0 atom stereocenters. The molecule has 2 aromatic carbocycles. The number of nitro benzene ring substituents is 1. The lowest BCUT2D eigenvalue weighted by Gasteiger charge is -2.11. The van der Waals surface area contributed by atoms with E-state index in [1.165, 1.54) is 16.8 Å². The number of rotatable bonds is 5. The number of carbonyl (C=O) groups excluding carboxylic acids is 1. The minimum Gasteiger partial charge on any atom is -0.318 e. The predicted octanol–water partition coefficient (Wildman–Crippen LogP) is 5.73. The molecule has 0 bridgehead atoms. The summed E-state index contributed by atoms with van der Waals surface area (Å²) in [4.78, 5) is 23.4. The first kappa shape index (κ1) is 23.4. The monoisotopic (exact) mass is 465 g/mol. The van der Waals surface area contributed by atoms with Gasteiger partial charge in [-0.2, -0.15) is 10.4 Å². The van der Waals surface area contributed by atoms with Crippen LogP contribution in [0.4, 0.5) is 5.69 Å². The lowest BCUT2D eigenvalue weighted by molar-refractivity contribution is -0.384. The third-order valence-electron chi connectivity index (χ3n) is 5.86. The van der Waals surface area contributed by atoms with Crippen molar-refractivity contribution in [1.29, 1.82) is 5.26 Å². The number of allylic oxidation sites excluding steroid dienone is 1. The molecule has 0 radical (unpaired) electrons. The van der Waals surface area contributed by atoms with Crippen molar-refractivity contribution in [2.24, 2.45) is 0 Å². The summed E-state index contributed by atoms with van der Waals surface area (Å²) < 4.78 is 3.30. The highest BCUT2D eigenvalue weighted by Gasteiger charge is 2.18. The van der Waals surface area contributed by atoms with Crippen molar-refractivity contribution in [3.63, 3.8) is 0 Å². The van der Waals surface area contributed by atoms with Gasteiger partial charge in [-0.05, 0) is 86.9 Å². The molecule has 4 aromatic rings. The Bertz CT molecular complexity index is 1510. The zero-order chi connectivity index (χ0) is 25.3.